The minimum absolute atomic E-state index is 0.203. The van der Waals surface area contributed by atoms with Crippen LogP contribution in [0.15, 0.2) is 18.2 Å². The summed E-state index contributed by atoms with van der Waals surface area (Å²) in [7, 11) is 0. The highest BCUT2D eigenvalue weighted by Crippen LogP contribution is 2.31. The number of aryl methyl sites for hydroxylation is 1. The maximum absolute atomic E-state index is 6.09. The molecule has 1 aromatic rings. The molecule has 1 atom stereocenters. The van der Waals surface area contributed by atoms with Crippen LogP contribution in [0.4, 0.5) is 0 Å². The lowest BCUT2D eigenvalue weighted by atomic mass is 9.88. The first kappa shape index (κ1) is 12.0. The van der Waals surface area contributed by atoms with E-state index < -0.39 is 0 Å². The van der Waals surface area contributed by atoms with Crippen LogP contribution in [-0.4, -0.2) is 13.4 Å². The van der Waals surface area contributed by atoms with E-state index in [0.29, 0.717) is 6.79 Å². The smallest absolute Gasteiger partial charge is 0.189 e. The third-order valence-corrected chi connectivity index (χ3v) is 3.83. The molecule has 0 amide bonds. The van der Waals surface area contributed by atoms with Crippen LogP contribution in [0.5, 0.6) is 5.75 Å². The fourth-order valence-electron chi connectivity index (χ4n) is 2.53. The third kappa shape index (κ3) is 2.85. The van der Waals surface area contributed by atoms with E-state index in [1.54, 1.807) is 0 Å². The highest BCUT2D eigenvalue weighted by molar-refractivity contribution is 5.38. The van der Waals surface area contributed by atoms with Crippen molar-refractivity contribution >= 4 is 0 Å². The fourth-order valence-corrected chi connectivity index (χ4v) is 2.53. The summed E-state index contributed by atoms with van der Waals surface area (Å²) in [6.45, 7) is 1.21. The van der Waals surface area contributed by atoms with Crippen LogP contribution in [0.2, 0.25) is 0 Å². The Hall–Kier alpha value is -1.06. The molecule has 0 aliphatic heterocycles. The van der Waals surface area contributed by atoms with Crippen molar-refractivity contribution in [2.45, 2.75) is 38.1 Å². The number of ether oxygens (including phenoxy) is 2. The van der Waals surface area contributed by atoms with Crippen LogP contribution >= 0.6 is 0 Å². The van der Waals surface area contributed by atoms with Gasteiger partial charge in [0.05, 0.1) is 6.61 Å². The summed E-state index contributed by atoms with van der Waals surface area (Å²) in [5.41, 5.74) is 8.72. The molecule has 3 rings (SSSR count). The first-order valence-electron chi connectivity index (χ1n) is 6.92. The van der Waals surface area contributed by atoms with Crippen molar-refractivity contribution in [2.75, 3.05) is 13.4 Å². The quantitative estimate of drug-likeness (QED) is 0.642. The van der Waals surface area contributed by atoms with Crippen molar-refractivity contribution in [3.8, 4) is 5.75 Å². The van der Waals surface area contributed by atoms with E-state index in [4.69, 9.17) is 15.2 Å². The average molecular weight is 247 g/mol. The second-order valence-corrected chi connectivity index (χ2v) is 5.44. The Morgan fingerprint density at radius 2 is 2.11 bits per heavy atom. The van der Waals surface area contributed by atoms with Gasteiger partial charge in [0.2, 0.25) is 0 Å². The van der Waals surface area contributed by atoms with Gasteiger partial charge in [-0.25, -0.2) is 0 Å². The lowest BCUT2D eigenvalue weighted by Gasteiger charge is -2.22. The average Bonchev–Trinajstić information content (AvgIpc) is 3.19. The largest absolute Gasteiger partial charge is 0.468 e. The van der Waals surface area contributed by atoms with Gasteiger partial charge in [0, 0.05) is 6.04 Å². The minimum Gasteiger partial charge on any atom is -0.468 e. The number of fused-ring (bicyclic) bond motifs is 1. The highest BCUT2D eigenvalue weighted by atomic mass is 16.7. The van der Waals surface area contributed by atoms with E-state index in [-0.39, 0.29) is 6.04 Å². The lowest BCUT2D eigenvalue weighted by molar-refractivity contribution is 0.00992. The van der Waals surface area contributed by atoms with Gasteiger partial charge in [0.1, 0.15) is 5.75 Å². The van der Waals surface area contributed by atoms with E-state index in [2.05, 4.69) is 12.1 Å². The van der Waals surface area contributed by atoms with Crippen LogP contribution in [-0.2, 0) is 11.2 Å². The molecule has 0 saturated heterocycles. The molecule has 0 radical (unpaired) electrons. The molecule has 0 heterocycles. The zero-order valence-electron chi connectivity index (χ0n) is 10.7. The van der Waals surface area contributed by atoms with Crippen molar-refractivity contribution in [3.05, 3.63) is 29.3 Å². The number of benzene rings is 1. The molecule has 1 saturated carbocycles. The highest BCUT2D eigenvalue weighted by Gasteiger charge is 2.21. The second kappa shape index (κ2) is 5.29. The number of nitrogens with two attached hydrogens (primary N) is 1. The Kier molecular flexibility index (Phi) is 3.52. The molecule has 3 heteroatoms. The Labute approximate surface area is 108 Å². The van der Waals surface area contributed by atoms with E-state index in [1.807, 2.05) is 6.07 Å². The van der Waals surface area contributed by atoms with Crippen LogP contribution in [0.3, 0.4) is 0 Å². The van der Waals surface area contributed by atoms with Gasteiger partial charge in [-0.05, 0) is 61.3 Å². The van der Waals surface area contributed by atoms with Crippen molar-refractivity contribution in [3.63, 3.8) is 0 Å². The molecule has 2 N–H and O–H groups in total. The Bertz CT molecular complexity index is 415. The van der Waals surface area contributed by atoms with Crippen molar-refractivity contribution in [2.24, 2.45) is 11.7 Å². The monoisotopic (exact) mass is 247 g/mol. The Morgan fingerprint density at radius 1 is 1.22 bits per heavy atom. The zero-order valence-corrected chi connectivity index (χ0v) is 10.7. The zero-order chi connectivity index (χ0) is 12.4. The van der Waals surface area contributed by atoms with E-state index in [9.17, 15) is 0 Å². The fraction of sp³-hybridized carbons (Fsp3) is 0.600. The van der Waals surface area contributed by atoms with Gasteiger partial charge in [-0.3, -0.25) is 0 Å². The molecular formula is C15H21NO2. The lowest BCUT2D eigenvalue weighted by Crippen LogP contribution is -2.17. The van der Waals surface area contributed by atoms with Crippen molar-refractivity contribution in [1.29, 1.82) is 0 Å². The predicted molar refractivity (Wildman–Crippen MR) is 70.5 cm³/mol. The summed E-state index contributed by atoms with van der Waals surface area (Å²) in [6.07, 6.45) is 6.02. The normalized spacial score (nSPS) is 22.6. The molecule has 1 aromatic carbocycles. The Balaban J connectivity index is 1.55. The molecule has 3 nitrogen and oxygen atoms in total. The maximum atomic E-state index is 6.09. The van der Waals surface area contributed by atoms with Crippen LogP contribution in [0, 0.1) is 5.92 Å². The SMILES string of the molecule is NC1CCCc2cc(OCOCC3CC3)ccc21. The second-order valence-electron chi connectivity index (χ2n) is 5.44. The summed E-state index contributed by atoms with van der Waals surface area (Å²) in [5, 5.41) is 0. The van der Waals surface area contributed by atoms with Gasteiger partial charge in [-0.1, -0.05) is 6.07 Å². The van der Waals surface area contributed by atoms with Crippen LogP contribution in [0.1, 0.15) is 42.9 Å². The molecule has 1 fully saturated rings. The molecule has 1 unspecified atom stereocenters. The molecule has 2 aliphatic rings. The summed E-state index contributed by atoms with van der Waals surface area (Å²) in [4.78, 5) is 0. The standard InChI is InChI=1S/C15H21NO2/c16-15-3-1-2-12-8-13(6-7-14(12)15)18-10-17-9-11-4-5-11/h6-8,11,15H,1-5,9-10,16H2. The molecule has 98 valence electrons. The van der Waals surface area contributed by atoms with E-state index in [0.717, 1.165) is 31.1 Å². The molecule has 0 bridgehead atoms. The van der Waals surface area contributed by atoms with Crippen molar-refractivity contribution in [1.82, 2.24) is 0 Å². The predicted octanol–water partition coefficient (Wildman–Crippen LogP) is 2.79. The molecule has 0 aromatic heterocycles. The topological polar surface area (TPSA) is 44.5 Å². The van der Waals surface area contributed by atoms with Crippen LogP contribution in [0.25, 0.3) is 0 Å². The van der Waals surface area contributed by atoms with Gasteiger partial charge in [0.15, 0.2) is 6.79 Å². The minimum atomic E-state index is 0.203. The molecule has 0 spiro atoms. The maximum Gasteiger partial charge on any atom is 0.189 e. The summed E-state index contributed by atoms with van der Waals surface area (Å²) >= 11 is 0. The summed E-state index contributed by atoms with van der Waals surface area (Å²) in [5.74, 6) is 1.69. The first-order valence-corrected chi connectivity index (χ1v) is 6.92. The van der Waals surface area contributed by atoms with E-state index in [1.165, 1.54) is 30.4 Å². The number of hydrogen-bond acceptors (Lipinski definition) is 3. The third-order valence-electron chi connectivity index (χ3n) is 3.83. The molecular weight excluding hydrogens is 226 g/mol. The van der Waals surface area contributed by atoms with Gasteiger partial charge in [-0.2, -0.15) is 0 Å². The van der Waals surface area contributed by atoms with Gasteiger partial charge in [0.25, 0.3) is 0 Å². The number of hydrogen-bond donors (Lipinski definition) is 1. The molecule has 18 heavy (non-hydrogen) atoms. The first-order chi connectivity index (χ1) is 8.83. The molecule has 2 aliphatic carbocycles. The number of rotatable bonds is 5. The summed E-state index contributed by atoms with van der Waals surface area (Å²) < 4.78 is 11.1. The van der Waals surface area contributed by atoms with Gasteiger partial charge >= 0.3 is 0 Å². The van der Waals surface area contributed by atoms with Crippen molar-refractivity contribution < 1.29 is 9.47 Å². The summed E-state index contributed by atoms with van der Waals surface area (Å²) in [6, 6.07) is 6.43. The van der Waals surface area contributed by atoms with Gasteiger partial charge in [-0.15, -0.1) is 0 Å². The Morgan fingerprint density at radius 3 is 2.94 bits per heavy atom. The van der Waals surface area contributed by atoms with Crippen LogP contribution < -0.4 is 10.5 Å². The van der Waals surface area contributed by atoms with Gasteiger partial charge < -0.3 is 15.2 Å². The van der Waals surface area contributed by atoms with E-state index >= 15 is 0 Å².